The second kappa shape index (κ2) is 7.58. The molecule has 4 rings (SSSR count). The minimum absolute atomic E-state index is 0.341. The van der Waals surface area contributed by atoms with E-state index in [4.69, 9.17) is 17.7 Å². The highest BCUT2D eigenvalue weighted by Gasteiger charge is 2.36. The Morgan fingerprint density at radius 3 is 2.20 bits per heavy atom. The number of nitrogens with zero attached hydrogens (tertiary/aromatic N) is 2. The highest BCUT2D eigenvalue weighted by atomic mass is 32.2. The summed E-state index contributed by atoms with van der Waals surface area (Å²) in [4.78, 5) is 11.8. The quantitative estimate of drug-likeness (QED) is 0.195. The molecule has 11 heteroatoms. The predicted octanol–water partition coefficient (Wildman–Crippen LogP) is 1.79. The molecule has 0 saturated carbocycles. The van der Waals surface area contributed by atoms with Gasteiger partial charge in [-0.05, 0) is 12.1 Å². The number of aryl methyl sites for hydroxylation is 1. The number of fused-ring (bicyclic) bond motifs is 5. The third kappa shape index (κ3) is 3.68. The van der Waals surface area contributed by atoms with Gasteiger partial charge in [-0.25, -0.2) is 13.2 Å². The summed E-state index contributed by atoms with van der Waals surface area (Å²) in [5.41, 5.74) is -2.41. The molecule has 0 N–H and O–H groups in total. The molecule has 30 heavy (non-hydrogen) atoms. The molecule has 2 aromatic heterocycles. The maximum atomic E-state index is 11.8. The van der Waals surface area contributed by atoms with Crippen molar-refractivity contribution in [2.45, 2.75) is 5.51 Å². The second-order valence-corrected chi connectivity index (χ2v) is 7.57. The van der Waals surface area contributed by atoms with Crippen molar-refractivity contribution in [1.29, 1.82) is 0 Å². The van der Waals surface area contributed by atoms with Crippen LogP contribution in [0.15, 0.2) is 48.5 Å². The molecule has 4 aromatic rings. The number of methoxy groups -OCH3 is 1. The van der Waals surface area contributed by atoms with Crippen molar-refractivity contribution in [3.05, 3.63) is 53.7 Å². The van der Waals surface area contributed by atoms with Crippen LogP contribution in [0.5, 0.6) is 0 Å². The third-order valence-electron chi connectivity index (χ3n) is 4.44. The standard InChI is InChI=1S/C18H15N2O2.CHF3O3S/c1-19-15-9-5-4-8-13(15)18-14(11-17(21)22-2)12-7-3-6-10-16(12)20(18)19;2-1(3,4)8(5,6)7/h3-11H,1-2H3;(H,5,6,7)/q+1;/p-1/b14-11-;. The van der Waals surface area contributed by atoms with E-state index in [1.54, 1.807) is 6.08 Å². The molecule has 0 bridgehead atoms. The lowest BCUT2D eigenvalue weighted by atomic mass is 10.1. The van der Waals surface area contributed by atoms with E-state index < -0.39 is 15.6 Å². The fraction of sp³-hybridized carbons (Fsp3) is 0.158. The molecule has 0 amide bonds. The molecule has 0 atom stereocenters. The first-order valence-electron chi connectivity index (χ1n) is 8.39. The number of carbonyl (C=O) groups is 1. The van der Waals surface area contributed by atoms with Gasteiger partial charge in [0.2, 0.25) is 5.52 Å². The summed E-state index contributed by atoms with van der Waals surface area (Å²) < 4.78 is 68.0. The van der Waals surface area contributed by atoms with Crippen molar-refractivity contribution < 1.29 is 40.4 Å². The van der Waals surface area contributed by atoms with E-state index in [0.29, 0.717) is 0 Å². The van der Waals surface area contributed by atoms with Crippen LogP contribution in [-0.4, -0.2) is 36.1 Å². The zero-order chi connectivity index (χ0) is 22.3. The fourth-order valence-corrected chi connectivity index (χ4v) is 3.21. The number of hydrogen-bond donors (Lipinski definition) is 0. The van der Waals surface area contributed by atoms with Gasteiger partial charge in [-0.1, -0.05) is 30.3 Å². The number of halogens is 3. The summed E-state index contributed by atoms with van der Waals surface area (Å²) >= 11 is 0. The Morgan fingerprint density at radius 1 is 1.10 bits per heavy atom. The minimum Gasteiger partial charge on any atom is -0.741 e. The molecule has 0 spiro atoms. The lowest BCUT2D eigenvalue weighted by Gasteiger charge is -2.08. The average Bonchev–Trinajstić information content (AvgIpc) is 3.15. The van der Waals surface area contributed by atoms with Gasteiger partial charge in [0, 0.05) is 22.7 Å². The Labute approximate surface area is 168 Å². The van der Waals surface area contributed by atoms with Gasteiger partial charge in [-0.15, -0.1) is 9.20 Å². The van der Waals surface area contributed by atoms with Gasteiger partial charge in [-0.3, -0.25) is 0 Å². The molecule has 0 unspecified atom stereocenters. The molecule has 0 aliphatic heterocycles. The van der Waals surface area contributed by atoms with Crippen molar-refractivity contribution in [1.82, 2.24) is 4.52 Å². The van der Waals surface area contributed by atoms with Crippen molar-refractivity contribution in [2.24, 2.45) is 7.05 Å². The molecular formula is C19H15F3N2O5S. The van der Waals surface area contributed by atoms with E-state index in [9.17, 15) is 18.0 Å². The van der Waals surface area contributed by atoms with Crippen LogP contribution in [0, 0.1) is 0 Å². The van der Waals surface area contributed by atoms with Crippen LogP contribution >= 0.6 is 0 Å². The first-order valence-corrected chi connectivity index (χ1v) is 9.80. The van der Waals surface area contributed by atoms with Crippen LogP contribution in [-0.2, 0) is 26.7 Å². The third-order valence-corrected chi connectivity index (χ3v) is 5.01. The van der Waals surface area contributed by atoms with Crippen molar-refractivity contribution >= 4 is 49.5 Å². The Hall–Kier alpha value is -3.18. The second-order valence-electron chi connectivity index (χ2n) is 6.20. The van der Waals surface area contributed by atoms with E-state index in [2.05, 4.69) is 27.4 Å². The summed E-state index contributed by atoms with van der Waals surface area (Å²) in [7, 11) is -2.66. The molecule has 0 aliphatic rings. The van der Waals surface area contributed by atoms with Crippen LogP contribution in [0.2, 0.25) is 0 Å². The Morgan fingerprint density at radius 2 is 1.63 bits per heavy atom. The molecule has 0 saturated heterocycles. The molecule has 2 heterocycles. The maximum absolute atomic E-state index is 11.8. The predicted molar refractivity (Wildman–Crippen MR) is 101 cm³/mol. The molecule has 0 fully saturated rings. The topological polar surface area (TPSA) is 91.8 Å². The highest BCUT2D eigenvalue weighted by molar-refractivity contribution is 7.86. The van der Waals surface area contributed by atoms with Crippen molar-refractivity contribution in [3.8, 4) is 0 Å². The summed E-state index contributed by atoms with van der Waals surface area (Å²) in [6, 6.07) is 16.3. The Bertz CT molecular complexity index is 1420. The number of hydrogen-bond acceptors (Lipinski definition) is 5. The van der Waals surface area contributed by atoms with Gasteiger partial charge in [0.25, 0.3) is 0 Å². The first kappa shape index (κ1) is 21.5. The zero-order valence-electron chi connectivity index (χ0n) is 15.7. The summed E-state index contributed by atoms with van der Waals surface area (Å²) in [5.74, 6) is -0.341. The number of ether oxygens (including phenoxy) is 1. The minimum atomic E-state index is -6.09. The number of aromatic nitrogens is 2. The first-order chi connectivity index (χ1) is 14.0. The molecule has 2 aromatic carbocycles. The van der Waals surface area contributed by atoms with Gasteiger partial charge in [0.15, 0.2) is 17.2 Å². The van der Waals surface area contributed by atoms with Crippen LogP contribution in [0.25, 0.3) is 33.4 Å². The summed E-state index contributed by atoms with van der Waals surface area (Å²) in [6.45, 7) is 0. The van der Waals surface area contributed by atoms with Crippen LogP contribution < -0.4 is 9.90 Å². The van der Waals surface area contributed by atoms with Gasteiger partial charge in [0.05, 0.1) is 12.5 Å². The molecular weight excluding hydrogens is 425 g/mol. The number of alkyl halides is 3. The highest BCUT2D eigenvalue weighted by Crippen LogP contribution is 2.22. The van der Waals surface area contributed by atoms with Gasteiger partial charge in [0.1, 0.15) is 11.0 Å². The number of para-hydroxylation sites is 2. The van der Waals surface area contributed by atoms with E-state index in [-0.39, 0.29) is 5.97 Å². The normalized spacial score (nSPS) is 12.9. The largest absolute Gasteiger partial charge is 0.741 e. The van der Waals surface area contributed by atoms with Gasteiger partial charge >= 0.3 is 11.5 Å². The zero-order valence-corrected chi connectivity index (χ0v) is 16.5. The van der Waals surface area contributed by atoms with Crippen LogP contribution in [0.1, 0.15) is 0 Å². The molecule has 0 radical (unpaired) electrons. The summed E-state index contributed by atoms with van der Waals surface area (Å²) in [5, 5.41) is 3.07. The van der Waals surface area contributed by atoms with Crippen molar-refractivity contribution in [3.63, 3.8) is 0 Å². The molecule has 0 aliphatic carbocycles. The van der Waals surface area contributed by atoms with E-state index in [1.165, 1.54) is 7.11 Å². The number of benzene rings is 2. The lowest BCUT2D eigenvalue weighted by Crippen LogP contribution is -2.34. The maximum Gasteiger partial charge on any atom is 0.485 e. The number of carbonyl (C=O) groups excluding carboxylic acids is 1. The smallest absolute Gasteiger partial charge is 0.485 e. The Balaban J connectivity index is 0.000000275. The monoisotopic (exact) mass is 440 g/mol. The van der Waals surface area contributed by atoms with E-state index >= 15 is 0 Å². The number of esters is 1. The van der Waals surface area contributed by atoms with E-state index in [0.717, 1.165) is 32.5 Å². The molecule has 158 valence electrons. The average molecular weight is 440 g/mol. The Kier molecular flexibility index (Phi) is 5.44. The van der Waals surface area contributed by atoms with Crippen LogP contribution in [0.4, 0.5) is 13.2 Å². The SMILES string of the molecule is COC(=O)/C=c1/c2ccccc2n2c1c1ccccc1[n+]2C.O=S(=O)([O-])C(F)(F)F. The number of rotatable bonds is 1. The fourth-order valence-electron chi connectivity index (χ4n) is 3.21. The lowest BCUT2D eigenvalue weighted by molar-refractivity contribution is -0.711. The van der Waals surface area contributed by atoms with Crippen molar-refractivity contribution in [2.75, 3.05) is 7.11 Å². The van der Waals surface area contributed by atoms with E-state index in [1.807, 2.05) is 37.4 Å². The van der Waals surface area contributed by atoms with Gasteiger partial charge in [-0.2, -0.15) is 13.2 Å². The summed E-state index contributed by atoms with van der Waals surface area (Å²) in [6.07, 6.45) is 1.57. The molecule has 7 nitrogen and oxygen atoms in total. The van der Waals surface area contributed by atoms with Gasteiger partial charge < -0.3 is 9.29 Å². The van der Waals surface area contributed by atoms with Crippen LogP contribution in [0.3, 0.4) is 0 Å².